The highest BCUT2D eigenvalue weighted by atomic mass is 16.5. The fourth-order valence-electron chi connectivity index (χ4n) is 1.24. The molecule has 0 saturated heterocycles. The summed E-state index contributed by atoms with van der Waals surface area (Å²) in [5.74, 6) is -0.249. The van der Waals surface area contributed by atoms with Crippen LogP contribution in [0.15, 0.2) is 12.5 Å². The standard InChI is InChI=1S/C9H15N3O2/c1-3-11-8(9(13)14-2)4-7-5-10-6-12-7/h5-6,8,11H,3-4H2,1-2H3,(H,10,12). The molecular weight excluding hydrogens is 182 g/mol. The van der Waals surface area contributed by atoms with Gasteiger partial charge in [-0.1, -0.05) is 6.92 Å². The predicted octanol–water partition coefficient (Wildman–Crippen LogP) is 0.103. The Balaban J connectivity index is 2.55. The SMILES string of the molecule is CCNC(Cc1cnc[nH]1)C(=O)OC. The zero-order valence-electron chi connectivity index (χ0n) is 8.41. The normalized spacial score (nSPS) is 12.4. The number of imidazole rings is 1. The minimum atomic E-state index is -0.301. The molecule has 1 atom stereocenters. The largest absolute Gasteiger partial charge is 0.468 e. The number of nitrogens with one attached hydrogen (secondary N) is 2. The highest BCUT2D eigenvalue weighted by Gasteiger charge is 2.18. The van der Waals surface area contributed by atoms with Gasteiger partial charge in [-0.05, 0) is 6.54 Å². The third kappa shape index (κ3) is 2.85. The number of nitrogens with zero attached hydrogens (tertiary/aromatic N) is 1. The van der Waals surface area contributed by atoms with Gasteiger partial charge in [0.1, 0.15) is 6.04 Å². The molecule has 1 aromatic heterocycles. The third-order valence-electron chi connectivity index (χ3n) is 1.92. The smallest absolute Gasteiger partial charge is 0.323 e. The van der Waals surface area contributed by atoms with Gasteiger partial charge in [0.15, 0.2) is 0 Å². The summed E-state index contributed by atoms with van der Waals surface area (Å²) in [6.45, 7) is 2.68. The zero-order chi connectivity index (χ0) is 10.4. The monoisotopic (exact) mass is 197 g/mol. The maximum absolute atomic E-state index is 11.3. The third-order valence-corrected chi connectivity index (χ3v) is 1.92. The zero-order valence-corrected chi connectivity index (χ0v) is 8.41. The quantitative estimate of drug-likeness (QED) is 0.657. The molecule has 1 unspecified atom stereocenters. The molecule has 0 radical (unpaired) electrons. The number of H-pyrrole nitrogens is 1. The molecule has 0 aromatic carbocycles. The average molecular weight is 197 g/mol. The van der Waals surface area contributed by atoms with Crippen molar-refractivity contribution in [1.82, 2.24) is 15.3 Å². The average Bonchev–Trinajstić information content (AvgIpc) is 2.68. The van der Waals surface area contributed by atoms with Gasteiger partial charge in [0.25, 0.3) is 0 Å². The first-order valence-electron chi connectivity index (χ1n) is 4.56. The lowest BCUT2D eigenvalue weighted by Gasteiger charge is -2.13. The van der Waals surface area contributed by atoms with Crippen molar-refractivity contribution in [3.05, 3.63) is 18.2 Å². The lowest BCUT2D eigenvalue weighted by molar-refractivity contribution is -0.143. The Morgan fingerprint density at radius 2 is 2.57 bits per heavy atom. The summed E-state index contributed by atoms with van der Waals surface area (Å²) < 4.78 is 4.68. The number of likely N-dealkylation sites (N-methyl/N-ethyl adjacent to an activating group) is 1. The Hall–Kier alpha value is -1.36. The first-order chi connectivity index (χ1) is 6.77. The Kier molecular flexibility index (Phi) is 4.12. The molecule has 5 heteroatoms. The van der Waals surface area contributed by atoms with Crippen LogP contribution < -0.4 is 5.32 Å². The van der Waals surface area contributed by atoms with E-state index in [0.29, 0.717) is 6.42 Å². The van der Waals surface area contributed by atoms with Crippen LogP contribution in [0.5, 0.6) is 0 Å². The van der Waals surface area contributed by atoms with E-state index in [1.165, 1.54) is 7.11 Å². The van der Waals surface area contributed by atoms with Gasteiger partial charge in [-0.3, -0.25) is 4.79 Å². The highest BCUT2D eigenvalue weighted by Crippen LogP contribution is 1.99. The molecule has 0 fully saturated rings. The molecule has 1 heterocycles. The van der Waals surface area contributed by atoms with Crippen LogP contribution in [0, 0.1) is 0 Å². The summed E-state index contributed by atoms with van der Waals surface area (Å²) >= 11 is 0. The van der Waals surface area contributed by atoms with Crippen LogP contribution in [0.4, 0.5) is 0 Å². The van der Waals surface area contributed by atoms with Crippen LogP contribution in [0.1, 0.15) is 12.6 Å². The molecule has 1 aromatic rings. The number of aromatic amines is 1. The molecule has 0 amide bonds. The molecule has 1 rings (SSSR count). The Morgan fingerprint density at radius 1 is 1.79 bits per heavy atom. The number of hydrogen-bond donors (Lipinski definition) is 2. The second-order valence-electron chi connectivity index (χ2n) is 2.91. The van der Waals surface area contributed by atoms with Crippen molar-refractivity contribution in [2.45, 2.75) is 19.4 Å². The highest BCUT2D eigenvalue weighted by molar-refractivity contribution is 5.75. The Labute approximate surface area is 82.9 Å². The molecule has 0 aliphatic heterocycles. The maximum atomic E-state index is 11.3. The topological polar surface area (TPSA) is 67.0 Å². The number of carbonyl (C=O) groups excluding carboxylic acids is 1. The Morgan fingerprint density at radius 3 is 3.07 bits per heavy atom. The maximum Gasteiger partial charge on any atom is 0.323 e. The van der Waals surface area contributed by atoms with Crippen LogP contribution in [-0.2, 0) is 16.0 Å². The van der Waals surface area contributed by atoms with Crippen LogP contribution in [-0.4, -0.2) is 35.6 Å². The summed E-state index contributed by atoms with van der Waals surface area (Å²) in [6, 6.07) is -0.301. The van der Waals surface area contributed by atoms with Gasteiger partial charge in [0.2, 0.25) is 0 Å². The summed E-state index contributed by atoms with van der Waals surface area (Å²) in [6.07, 6.45) is 3.86. The molecule has 0 aliphatic carbocycles. The minimum absolute atomic E-state index is 0.249. The van der Waals surface area contributed by atoms with Gasteiger partial charge < -0.3 is 15.0 Å². The summed E-state index contributed by atoms with van der Waals surface area (Å²) in [4.78, 5) is 18.1. The molecule has 0 saturated carbocycles. The molecule has 2 N–H and O–H groups in total. The second kappa shape index (κ2) is 5.39. The van der Waals surface area contributed by atoms with Crippen molar-refractivity contribution < 1.29 is 9.53 Å². The summed E-state index contributed by atoms with van der Waals surface area (Å²) in [7, 11) is 1.39. The van der Waals surface area contributed by atoms with E-state index in [2.05, 4.69) is 20.0 Å². The van der Waals surface area contributed by atoms with Gasteiger partial charge in [-0.2, -0.15) is 0 Å². The molecular formula is C9H15N3O2. The van der Waals surface area contributed by atoms with Gasteiger partial charge >= 0.3 is 5.97 Å². The number of esters is 1. The fourth-order valence-corrected chi connectivity index (χ4v) is 1.24. The van der Waals surface area contributed by atoms with Gasteiger partial charge in [0.05, 0.1) is 13.4 Å². The molecule has 5 nitrogen and oxygen atoms in total. The summed E-state index contributed by atoms with van der Waals surface area (Å²) in [5.41, 5.74) is 0.918. The van der Waals surface area contributed by atoms with Crippen molar-refractivity contribution in [2.75, 3.05) is 13.7 Å². The van der Waals surface area contributed by atoms with E-state index in [1.54, 1.807) is 12.5 Å². The van der Waals surface area contributed by atoms with Crippen molar-refractivity contribution >= 4 is 5.97 Å². The Bertz CT molecular complexity index is 272. The van der Waals surface area contributed by atoms with Crippen LogP contribution in [0.25, 0.3) is 0 Å². The molecule has 0 bridgehead atoms. The minimum Gasteiger partial charge on any atom is -0.468 e. The van der Waals surface area contributed by atoms with E-state index in [-0.39, 0.29) is 12.0 Å². The number of carbonyl (C=O) groups is 1. The number of methoxy groups -OCH3 is 1. The molecule has 0 aliphatic rings. The van der Waals surface area contributed by atoms with Crippen molar-refractivity contribution in [3.8, 4) is 0 Å². The molecule has 14 heavy (non-hydrogen) atoms. The van der Waals surface area contributed by atoms with E-state index in [1.807, 2.05) is 6.92 Å². The fraction of sp³-hybridized carbons (Fsp3) is 0.556. The number of rotatable bonds is 5. The van der Waals surface area contributed by atoms with Crippen molar-refractivity contribution in [1.29, 1.82) is 0 Å². The first-order valence-corrected chi connectivity index (χ1v) is 4.56. The van der Waals surface area contributed by atoms with Crippen LogP contribution >= 0.6 is 0 Å². The predicted molar refractivity (Wildman–Crippen MR) is 51.8 cm³/mol. The van der Waals surface area contributed by atoms with E-state index < -0.39 is 0 Å². The number of hydrogen-bond acceptors (Lipinski definition) is 4. The second-order valence-corrected chi connectivity index (χ2v) is 2.91. The van der Waals surface area contributed by atoms with Crippen molar-refractivity contribution in [2.24, 2.45) is 0 Å². The lowest BCUT2D eigenvalue weighted by atomic mass is 10.1. The lowest BCUT2D eigenvalue weighted by Crippen LogP contribution is -2.39. The van der Waals surface area contributed by atoms with Crippen LogP contribution in [0.2, 0.25) is 0 Å². The van der Waals surface area contributed by atoms with Gasteiger partial charge in [-0.15, -0.1) is 0 Å². The number of aromatic nitrogens is 2. The van der Waals surface area contributed by atoms with Crippen molar-refractivity contribution in [3.63, 3.8) is 0 Å². The molecule has 78 valence electrons. The number of ether oxygens (including phenoxy) is 1. The van der Waals surface area contributed by atoms with E-state index in [4.69, 9.17) is 0 Å². The first kappa shape index (κ1) is 10.7. The molecule has 0 spiro atoms. The van der Waals surface area contributed by atoms with E-state index >= 15 is 0 Å². The summed E-state index contributed by atoms with van der Waals surface area (Å²) in [5, 5.41) is 3.05. The van der Waals surface area contributed by atoms with E-state index in [9.17, 15) is 4.79 Å². The van der Waals surface area contributed by atoms with E-state index in [0.717, 1.165) is 12.2 Å². The van der Waals surface area contributed by atoms with Gasteiger partial charge in [-0.25, -0.2) is 4.98 Å². The van der Waals surface area contributed by atoms with Crippen LogP contribution in [0.3, 0.4) is 0 Å². The van der Waals surface area contributed by atoms with Gasteiger partial charge in [0, 0.05) is 18.3 Å².